The number of carboxylic acid groups (broad SMARTS) is 1. The summed E-state index contributed by atoms with van der Waals surface area (Å²) in [4.78, 5) is 23.6. The molecule has 0 spiro atoms. The lowest BCUT2D eigenvalue weighted by Gasteiger charge is -2.25. The molecular formula is C13H14FNO3. The number of carboxylic acids is 1. The second kappa shape index (κ2) is 4.76. The van der Waals surface area contributed by atoms with E-state index in [1.165, 1.54) is 17.0 Å². The Morgan fingerprint density at radius 3 is 2.72 bits per heavy atom. The lowest BCUT2D eigenvalue weighted by atomic mass is 10.0. The molecule has 1 fully saturated rings. The molecule has 1 N–H and O–H groups in total. The highest BCUT2D eigenvalue weighted by atomic mass is 19.1. The van der Waals surface area contributed by atoms with Crippen molar-refractivity contribution in [2.45, 2.75) is 31.8 Å². The minimum absolute atomic E-state index is 0.0431. The highest BCUT2D eigenvalue weighted by Crippen LogP contribution is 2.34. The summed E-state index contributed by atoms with van der Waals surface area (Å²) in [7, 11) is 0. The van der Waals surface area contributed by atoms with E-state index in [9.17, 15) is 19.1 Å². The topological polar surface area (TPSA) is 57.6 Å². The van der Waals surface area contributed by atoms with Gasteiger partial charge in [-0.25, -0.2) is 9.18 Å². The molecule has 4 nitrogen and oxygen atoms in total. The fourth-order valence-electron chi connectivity index (χ4n) is 2.02. The van der Waals surface area contributed by atoms with Crippen LogP contribution >= 0.6 is 0 Å². The van der Waals surface area contributed by atoms with Gasteiger partial charge >= 0.3 is 5.97 Å². The molecule has 0 radical (unpaired) electrons. The molecule has 0 aromatic heterocycles. The first kappa shape index (κ1) is 12.5. The average Bonchev–Trinajstić information content (AvgIpc) is 3.13. The largest absolute Gasteiger partial charge is 0.479 e. The van der Waals surface area contributed by atoms with Crippen LogP contribution in [0.25, 0.3) is 0 Å². The van der Waals surface area contributed by atoms with Crippen molar-refractivity contribution in [3.63, 3.8) is 0 Å². The molecule has 1 aromatic rings. The summed E-state index contributed by atoms with van der Waals surface area (Å²) in [5.74, 6) is -1.81. The van der Waals surface area contributed by atoms with Crippen molar-refractivity contribution < 1.29 is 19.1 Å². The quantitative estimate of drug-likeness (QED) is 0.813. The zero-order valence-electron chi connectivity index (χ0n) is 9.97. The van der Waals surface area contributed by atoms with Crippen molar-refractivity contribution in [1.29, 1.82) is 0 Å². The molecule has 5 heteroatoms. The second-order valence-electron chi connectivity index (χ2n) is 4.55. The van der Waals surface area contributed by atoms with Gasteiger partial charge in [0.2, 0.25) is 6.41 Å². The number of amides is 1. The van der Waals surface area contributed by atoms with E-state index in [0.29, 0.717) is 6.41 Å². The second-order valence-corrected chi connectivity index (χ2v) is 4.55. The Kier molecular flexibility index (Phi) is 3.32. The molecule has 18 heavy (non-hydrogen) atoms. The summed E-state index contributed by atoms with van der Waals surface area (Å²) in [6.45, 7) is 1.75. The van der Waals surface area contributed by atoms with Crippen LogP contribution in [0.5, 0.6) is 0 Å². The molecule has 0 saturated heterocycles. The molecular weight excluding hydrogens is 237 g/mol. The highest BCUT2D eigenvalue weighted by molar-refractivity contribution is 5.78. The van der Waals surface area contributed by atoms with Crippen molar-refractivity contribution >= 4 is 12.4 Å². The van der Waals surface area contributed by atoms with Gasteiger partial charge in [-0.15, -0.1) is 0 Å². The lowest BCUT2D eigenvalue weighted by Crippen LogP contribution is -2.35. The fourth-order valence-corrected chi connectivity index (χ4v) is 2.02. The van der Waals surface area contributed by atoms with Crippen molar-refractivity contribution in [1.82, 2.24) is 4.90 Å². The Hall–Kier alpha value is -1.91. The van der Waals surface area contributed by atoms with Gasteiger partial charge in [-0.3, -0.25) is 4.79 Å². The Morgan fingerprint density at radius 1 is 1.56 bits per heavy atom. The van der Waals surface area contributed by atoms with Gasteiger partial charge in [0.25, 0.3) is 0 Å². The van der Waals surface area contributed by atoms with Crippen LogP contribution < -0.4 is 0 Å². The van der Waals surface area contributed by atoms with Crippen LogP contribution in [0.1, 0.15) is 30.0 Å². The van der Waals surface area contributed by atoms with Gasteiger partial charge in [0, 0.05) is 11.6 Å². The predicted octanol–water partition coefficient (Wildman–Crippen LogP) is 1.88. The van der Waals surface area contributed by atoms with E-state index in [1.807, 2.05) is 0 Å². The molecule has 1 unspecified atom stereocenters. The Balaban J connectivity index is 2.43. The smallest absolute Gasteiger partial charge is 0.331 e. The summed E-state index contributed by atoms with van der Waals surface area (Å²) < 4.78 is 13.8. The van der Waals surface area contributed by atoms with Crippen LogP contribution in [0.2, 0.25) is 0 Å². The maximum Gasteiger partial charge on any atom is 0.331 e. The molecule has 0 bridgehead atoms. The summed E-state index contributed by atoms with van der Waals surface area (Å²) in [5, 5.41) is 9.25. The average molecular weight is 251 g/mol. The van der Waals surface area contributed by atoms with Gasteiger partial charge < -0.3 is 10.0 Å². The van der Waals surface area contributed by atoms with E-state index in [4.69, 9.17) is 0 Å². The first-order valence-corrected chi connectivity index (χ1v) is 5.76. The SMILES string of the molecule is Cc1ccc(F)c(C(C(=O)O)N(C=O)C2CC2)c1. The molecule has 1 amide bonds. The number of hydrogen-bond donors (Lipinski definition) is 1. The predicted molar refractivity (Wildman–Crippen MR) is 62.4 cm³/mol. The minimum atomic E-state index is -1.24. The van der Waals surface area contributed by atoms with Crippen LogP contribution in [0.4, 0.5) is 4.39 Å². The number of nitrogens with zero attached hydrogens (tertiary/aromatic N) is 1. The van der Waals surface area contributed by atoms with E-state index in [-0.39, 0.29) is 11.6 Å². The third kappa shape index (κ3) is 2.34. The van der Waals surface area contributed by atoms with Crippen LogP contribution in [0.3, 0.4) is 0 Å². The van der Waals surface area contributed by atoms with Gasteiger partial charge in [0.05, 0.1) is 0 Å². The van der Waals surface area contributed by atoms with Crippen LogP contribution in [-0.2, 0) is 9.59 Å². The number of benzene rings is 1. The molecule has 0 aliphatic heterocycles. The number of halogens is 1. The van der Waals surface area contributed by atoms with E-state index in [0.717, 1.165) is 18.4 Å². The fraction of sp³-hybridized carbons (Fsp3) is 0.385. The summed E-state index contributed by atoms with van der Waals surface area (Å²) in [6.07, 6.45) is 2.05. The van der Waals surface area contributed by atoms with Gasteiger partial charge in [0.15, 0.2) is 6.04 Å². The van der Waals surface area contributed by atoms with Crippen molar-refractivity contribution in [3.8, 4) is 0 Å². The number of aliphatic carboxylic acids is 1. The highest BCUT2D eigenvalue weighted by Gasteiger charge is 2.38. The number of carbonyl (C=O) groups is 2. The Bertz CT molecular complexity index is 485. The number of hydrogen-bond acceptors (Lipinski definition) is 2. The third-order valence-electron chi connectivity index (χ3n) is 3.07. The molecule has 1 aliphatic rings. The van der Waals surface area contributed by atoms with Crippen molar-refractivity contribution in [2.24, 2.45) is 0 Å². The van der Waals surface area contributed by atoms with Crippen LogP contribution in [0, 0.1) is 12.7 Å². The van der Waals surface area contributed by atoms with E-state index >= 15 is 0 Å². The molecule has 1 aromatic carbocycles. The molecule has 2 rings (SSSR count). The van der Waals surface area contributed by atoms with Gasteiger partial charge in [-0.1, -0.05) is 17.7 Å². The van der Waals surface area contributed by atoms with Gasteiger partial charge in [-0.2, -0.15) is 0 Å². The maximum absolute atomic E-state index is 13.8. The molecule has 96 valence electrons. The van der Waals surface area contributed by atoms with Crippen molar-refractivity contribution in [2.75, 3.05) is 0 Å². The first-order valence-electron chi connectivity index (χ1n) is 5.76. The van der Waals surface area contributed by atoms with Crippen LogP contribution in [-0.4, -0.2) is 28.4 Å². The summed E-state index contributed by atoms with van der Waals surface area (Å²) in [6, 6.07) is 2.96. The van der Waals surface area contributed by atoms with Crippen LogP contribution in [0.15, 0.2) is 18.2 Å². The first-order chi connectivity index (χ1) is 8.54. The Morgan fingerprint density at radius 2 is 2.22 bits per heavy atom. The van der Waals surface area contributed by atoms with E-state index in [2.05, 4.69) is 0 Å². The normalized spacial score (nSPS) is 16.1. The monoisotopic (exact) mass is 251 g/mol. The van der Waals surface area contributed by atoms with E-state index < -0.39 is 17.8 Å². The molecule has 0 heterocycles. The zero-order chi connectivity index (χ0) is 13.3. The maximum atomic E-state index is 13.8. The third-order valence-corrected chi connectivity index (χ3v) is 3.07. The van der Waals surface area contributed by atoms with Gasteiger partial charge in [0.1, 0.15) is 5.82 Å². The van der Waals surface area contributed by atoms with Crippen molar-refractivity contribution in [3.05, 3.63) is 35.1 Å². The molecule has 1 saturated carbocycles. The lowest BCUT2D eigenvalue weighted by molar-refractivity contribution is -0.147. The molecule has 1 aliphatic carbocycles. The summed E-state index contributed by atoms with van der Waals surface area (Å²) >= 11 is 0. The molecule has 1 atom stereocenters. The standard InChI is InChI=1S/C13H14FNO3/c1-8-2-5-11(14)10(6-8)12(13(17)18)15(7-16)9-3-4-9/h2,5-7,9,12H,3-4H2,1H3,(H,17,18). The number of carbonyl (C=O) groups excluding carboxylic acids is 1. The Labute approximate surface area is 104 Å². The van der Waals surface area contributed by atoms with Gasteiger partial charge in [-0.05, 0) is 25.8 Å². The number of rotatable bonds is 5. The summed E-state index contributed by atoms with van der Waals surface area (Å²) in [5.41, 5.74) is 0.806. The minimum Gasteiger partial charge on any atom is -0.479 e. The zero-order valence-corrected chi connectivity index (χ0v) is 9.97. The number of aryl methyl sites for hydroxylation is 1. The van der Waals surface area contributed by atoms with E-state index in [1.54, 1.807) is 13.0 Å².